The molecule has 0 spiro atoms. The Balaban J connectivity index is 0.00000342. The molecule has 3 aromatic carbocycles. The van der Waals surface area contributed by atoms with Crippen molar-refractivity contribution in [2.45, 2.75) is 96.8 Å². The summed E-state index contributed by atoms with van der Waals surface area (Å²) < 4.78 is 0. The molecule has 0 saturated heterocycles. The van der Waals surface area contributed by atoms with Gasteiger partial charge < -0.3 is 6.15 Å². The zero-order valence-corrected chi connectivity index (χ0v) is 26.1. The van der Waals surface area contributed by atoms with Gasteiger partial charge in [0, 0.05) is 0 Å². The van der Waals surface area contributed by atoms with Gasteiger partial charge in [-0.25, -0.2) is 0 Å². The molecule has 3 heteroatoms. The molecule has 0 atom stereocenters. The number of halogens is 1. The van der Waals surface area contributed by atoms with Crippen LogP contribution >= 0.6 is 24.2 Å². The summed E-state index contributed by atoms with van der Waals surface area (Å²) in [4.78, 5) is 0. The molecule has 0 amide bonds. The summed E-state index contributed by atoms with van der Waals surface area (Å²) >= 11 is 0. The summed E-state index contributed by atoms with van der Waals surface area (Å²) in [5.41, 5.74) is 0. The van der Waals surface area contributed by atoms with Gasteiger partial charge in [-0.2, -0.15) is 0 Å². The minimum Gasteiger partial charge on any atom is -0.344 e. The van der Waals surface area contributed by atoms with Crippen LogP contribution in [0.2, 0.25) is 0 Å². The van der Waals surface area contributed by atoms with Crippen LogP contribution in [0.1, 0.15) is 96.8 Å². The molecule has 0 aliphatic carbocycles. The standard InChI is InChI=1S/C34H49P.BrH.H3N/c1-2-3-4-5-6-7-8-9-10-11-12-13-14-24-31-35(32-25-18-15-19-26-32,33-27-20-16-21-28-33)34-29-22-17-23-30-34;;/h15-23,25-30,35H,2-14,24,31H2,1H3;1H;1H3. The fourth-order valence-electron chi connectivity index (χ4n) is 5.69. The van der Waals surface area contributed by atoms with Gasteiger partial charge in [0.25, 0.3) is 0 Å². The summed E-state index contributed by atoms with van der Waals surface area (Å²) in [7, 11) is -2.03. The van der Waals surface area contributed by atoms with E-state index in [2.05, 4.69) is 97.9 Å². The molecule has 0 heterocycles. The normalized spacial score (nSPS) is 11.4. The summed E-state index contributed by atoms with van der Waals surface area (Å²) in [6.45, 7) is 2.30. The fraction of sp³-hybridized carbons (Fsp3) is 0.471. The molecule has 0 aromatic heterocycles. The molecule has 1 nitrogen and oxygen atoms in total. The molecule has 37 heavy (non-hydrogen) atoms. The van der Waals surface area contributed by atoms with Crippen LogP contribution in [0, 0.1) is 0 Å². The number of rotatable bonds is 18. The van der Waals surface area contributed by atoms with Crippen molar-refractivity contribution >= 4 is 40.2 Å². The van der Waals surface area contributed by atoms with Crippen molar-refractivity contribution in [2.75, 3.05) is 6.16 Å². The Morgan fingerprint density at radius 1 is 0.405 bits per heavy atom. The Labute approximate surface area is 239 Å². The van der Waals surface area contributed by atoms with Crippen molar-refractivity contribution in [3.8, 4) is 0 Å². The fourth-order valence-corrected chi connectivity index (χ4v) is 10.6. The van der Waals surface area contributed by atoms with E-state index in [0.29, 0.717) is 0 Å². The monoisotopic (exact) mass is 585 g/mol. The SMILES string of the molecule is Br.CCCCCCCCCCCCCCCC[PH](c1ccccc1)(c1ccccc1)c1ccccc1.N. The summed E-state index contributed by atoms with van der Waals surface area (Å²) in [6.07, 6.45) is 21.1. The molecular weight excluding hydrogens is 533 g/mol. The van der Waals surface area contributed by atoms with Gasteiger partial charge in [0.1, 0.15) is 0 Å². The molecule has 0 bridgehead atoms. The van der Waals surface area contributed by atoms with E-state index in [0.717, 1.165) is 0 Å². The first-order chi connectivity index (χ1) is 17.4. The average Bonchev–Trinajstić information content (AvgIpc) is 2.93. The Hall–Kier alpha value is -1.47. The molecule has 0 fully saturated rings. The third-order valence-corrected chi connectivity index (χ3v) is 12.8. The molecule has 3 rings (SSSR count). The maximum absolute atomic E-state index is 2.38. The van der Waals surface area contributed by atoms with Gasteiger partial charge in [-0.1, -0.05) is 26.2 Å². The second-order valence-corrected chi connectivity index (χ2v) is 14.4. The third-order valence-electron chi connectivity index (χ3n) is 7.71. The maximum Gasteiger partial charge on any atom is -0.344 e. The zero-order chi connectivity index (χ0) is 24.4. The molecule has 0 radical (unpaired) electrons. The van der Waals surface area contributed by atoms with Gasteiger partial charge >= 0.3 is 191 Å². The first-order valence-corrected chi connectivity index (χ1v) is 16.7. The van der Waals surface area contributed by atoms with Crippen molar-refractivity contribution in [2.24, 2.45) is 0 Å². The summed E-state index contributed by atoms with van der Waals surface area (Å²) in [6, 6.07) is 34.2. The van der Waals surface area contributed by atoms with Gasteiger partial charge in [-0.15, -0.1) is 17.0 Å². The van der Waals surface area contributed by atoms with E-state index in [-0.39, 0.29) is 23.1 Å². The molecule has 0 saturated carbocycles. The topological polar surface area (TPSA) is 35.0 Å². The smallest absolute Gasteiger partial charge is 0.344 e. The number of hydrogen-bond acceptors (Lipinski definition) is 1. The quantitative estimate of drug-likeness (QED) is 0.117. The van der Waals surface area contributed by atoms with Gasteiger partial charge in [0.05, 0.1) is 0 Å². The third kappa shape index (κ3) is 11.0. The van der Waals surface area contributed by atoms with Crippen LogP contribution in [0.5, 0.6) is 0 Å². The van der Waals surface area contributed by atoms with Gasteiger partial charge in [0.2, 0.25) is 0 Å². The number of hydrogen-bond donors (Lipinski definition) is 1. The Morgan fingerprint density at radius 3 is 0.973 bits per heavy atom. The zero-order valence-electron chi connectivity index (χ0n) is 23.4. The largest absolute Gasteiger partial charge is 0.344 e. The minimum absolute atomic E-state index is 0. The van der Waals surface area contributed by atoms with Crippen LogP contribution in [-0.4, -0.2) is 6.16 Å². The van der Waals surface area contributed by atoms with Gasteiger partial charge in [-0.3, -0.25) is 0 Å². The first kappa shape index (κ1) is 33.6. The minimum atomic E-state index is -2.03. The second kappa shape index (κ2) is 20.5. The molecule has 0 aliphatic rings. The Bertz CT molecular complexity index is 804. The van der Waals surface area contributed by atoms with E-state index in [1.807, 2.05) is 0 Å². The van der Waals surface area contributed by atoms with Crippen LogP contribution in [-0.2, 0) is 0 Å². The van der Waals surface area contributed by atoms with Gasteiger partial charge in [-0.05, 0) is 0 Å². The predicted molar refractivity (Wildman–Crippen MR) is 177 cm³/mol. The van der Waals surface area contributed by atoms with Crippen LogP contribution in [0.3, 0.4) is 0 Å². The Morgan fingerprint density at radius 2 is 0.676 bits per heavy atom. The molecule has 206 valence electrons. The molecule has 3 aromatic rings. The number of unbranched alkanes of at least 4 members (excludes halogenated alkanes) is 13. The first-order valence-electron chi connectivity index (χ1n) is 14.5. The predicted octanol–water partition coefficient (Wildman–Crippen LogP) is 9.93. The van der Waals surface area contributed by atoms with Crippen molar-refractivity contribution in [1.29, 1.82) is 0 Å². The maximum atomic E-state index is 2.38. The summed E-state index contributed by atoms with van der Waals surface area (Å²) in [5.74, 6) is 0. The van der Waals surface area contributed by atoms with Crippen molar-refractivity contribution in [1.82, 2.24) is 6.15 Å². The van der Waals surface area contributed by atoms with E-state index >= 15 is 0 Å². The summed E-state index contributed by atoms with van der Waals surface area (Å²) in [5, 5.41) is 4.64. The van der Waals surface area contributed by atoms with E-state index in [4.69, 9.17) is 0 Å². The van der Waals surface area contributed by atoms with Crippen LogP contribution in [0.4, 0.5) is 0 Å². The van der Waals surface area contributed by atoms with Crippen LogP contribution in [0.25, 0.3) is 0 Å². The Kier molecular flexibility index (Phi) is 18.6. The molecule has 3 N–H and O–H groups in total. The van der Waals surface area contributed by atoms with E-state index in [9.17, 15) is 0 Å². The van der Waals surface area contributed by atoms with Crippen molar-refractivity contribution in [3.63, 3.8) is 0 Å². The van der Waals surface area contributed by atoms with Crippen LogP contribution < -0.4 is 22.1 Å². The van der Waals surface area contributed by atoms with E-state index in [1.54, 1.807) is 15.9 Å². The van der Waals surface area contributed by atoms with Gasteiger partial charge in [0.15, 0.2) is 0 Å². The van der Waals surface area contributed by atoms with Crippen LogP contribution in [0.15, 0.2) is 91.0 Å². The average molecular weight is 587 g/mol. The molecule has 0 aliphatic heterocycles. The van der Waals surface area contributed by atoms with E-state index < -0.39 is 7.26 Å². The second-order valence-electron chi connectivity index (χ2n) is 10.3. The van der Waals surface area contributed by atoms with E-state index in [1.165, 1.54) is 96.1 Å². The van der Waals surface area contributed by atoms with Crippen molar-refractivity contribution < 1.29 is 0 Å². The van der Waals surface area contributed by atoms with Crippen molar-refractivity contribution in [3.05, 3.63) is 91.0 Å². The number of benzene rings is 3. The molecular formula is C34H53BrNP. The molecule has 0 unspecified atom stereocenters.